The number of carbonyl (C=O) groups excluding carboxylic acids is 1. The zero-order valence-corrected chi connectivity index (χ0v) is 11.7. The van der Waals surface area contributed by atoms with Crippen molar-refractivity contribution in [1.29, 1.82) is 0 Å². The number of rotatable bonds is 6. The van der Waals surface area contributed by atoms with E-state index in [1.165, 1.54) is 13.2 Å². The van der Waals surface area contributed by atoms with Gasteiger partial charge in [0.25, 0.3) is 5.91 Å². The van der Waals surface area contributed by atoms with E-state index >= 15 is 0 Å². The molecule has 1 unspecified atom stereocenters. The van der Waals surface area contributed by atoms with Crippen molar-refractivity contribution < 1.29 is 19.4 Å². The second-order valence-electron chi connectivity index (χ2n) is 3.77. The van der Waals surface area contributed by atoms with Gasteiger partial charge in [0.2, 0.25) is 0 Å². The summed E-state index contributed by atoms with van der Waals surface area (Å²) in [4.78, 5) is 22.4. The lowest BCUT2D eigenvalue weighted by atomic mass is 10.2. The predicted molar refractivity (Wildman–Crippen MR) is 71.8 cm³/mol. The largest absolute Gasteiger partial charge is 0.481 e. The average Bonchev–Trinajstić information content (AvgIpc) is 2.37. The summed E-state index contributed by atoms with van der Waals surface area (Å²) in [6.07, 6.45) is -0.792. The van der Waals surface area contributed by atoms with Crippen molar-refractivity contribution >= 4 is 35.1 Å². The van der Waals surface area contributed by atoms with Crippen LogP contribution in [0, 0.1) is 0 Å². The van der Waals surface area contributed by atoms with Crippen molar-refractivity contribution in [3.63, 3.8) is 0 Å². The predicted octanol–water partition coefficient (Wildman–Crippen LogP) is 2.21. The molecule has 104 valence electrons. The number of hydrogen-bond acceptors (Lipinski definition) is 3. The molecular weight excluding hydrogens is 293 g/mol. The highest BCUT2D eigenvalue weighted by Crippen LogP contribution is 2.25. The number of benzene rings is 1. The van der Waals surface area contributed by atoms with Gasteiger partial charge in [0.15, 0.2) is 0 Å². The molecule has 19 heavy (non-hydrogen) atoms. The molecule has 0 aromatic heterocycles. The van der Waals surface area contributed by atoms with E-state index in [0.29, 0.717) is 0 Å². The van der Waals surface area contributed by atoms with Crippen LogP contribution in [0.3, 0.4) is 0 Å². The van der Waals surface area contributed by atoms with Gasteiger partial charge >= 0.3 is 5.97 Å². The van der Waals surface area contributed by atoms with Crippen molar-refractivity contribution in [2.75, 3.05) is 13.7 Å². The summed E-state index contributed by atoms with van der Waals surface area (Å²) in [7, 11) is 1.38. The van der Waals surface area contributed by atoms with E-state index in [1.807, 2.05) is 0 Å². The van der Waals surface area contributed by atoms with Crippen LogP contribution in [-0.4, -0.2) is 36.7 Å². The monoisotopic (exact) mass is 305 g/mol. The maximum Gasteiger partial charge on any atom is 0.306 e. The Morgan fingerprint density at radius 1 is 1.42 bits per heavy atom. The molecule has 0 heterocycles. The number of hydrogen-bond donors (Lipinski definition) is 2. The van der Waals surface area contributed by atoms with Crippen LogP contribution in [0.1, 0.15) is 16.8 Å². The number of halogens is 2. The van der Waals surface area contributed by atoms with E-state index in [2.05, 4.69) is 5.32 Å². The third kappa shape index (κ3) is 4.70. The van der Waals surface area contributed by atoms with Gasteiger partial charge in [0, 0.05) is 13.7 Å². The molecule has 1 atom stereocenters. The van der Waals surface area contributed by atoms with Crippen LogP contribution in [0.4, 0.5) is 0 Å². The SMILES string of the molecule is COC(CNC(=O)c1cccc(Cl)c1Cl)CC(=O)O. The van der Waals surface area contributed by atoms with Crippen LogP contribution in [0.15, 0.2) is 18.2 Å². The first-order valence-electron chi connectivity index (χ1n) is 5.42. The number of carbonyl (C=O) groups is 2. The molecule has 1 aromatic rings. The Balaban J connectivity index is 2.64. The molecule has 0 radical (unpaired) electrons. The fraction of sp³-hybridized carbons (Fsp3) is 0.333. The first-order valence-corrected chi connectivity index (χ1v) is 6.18. The van der Waals surface area contributed by atoms with E-state index in [9.17, 15) is 9.59 Å². The molecule has 0 bridgehead atoms. The summed E-state index contributed by atoms with van der Waals surface area (Å²) < 4.78 is 4.95. The Bertz CT molecular complexity index is 479. The highest BCUT2D eigenvalue weighted by molar-refractivity contribution is 6.43. The molecule has 5 nitrogen and oxygen atoms in total. The molecule has 1 amide bonds. The zero-order valence-electron chi connectivity index (χ0n) is 10.2. The summed E-state index contributed by atoms with van der Waals surface area (Å²) in [6.45, 7) is 0.0739. The smallest absolute Gasteiger partial charge is 0.306 e. The van der Waals surface area contributed by atoms with Crippen molar-refractivity contribution in [2.24, 2.45) is 0 Å². The van der Waals surface area contributed by atoms with Gasteiger partial charge in [-0.15, -0.1) is 0 Å². The van der Waals surface area contributed by atoms with E-state index < -0.39 is 18.0 Å². The van der Waals surface area contributed by atoms with Crippen LogP contribution in [0.25, 0.3) is 0 Å². The Morgan fingerprint density at radius 2 is 2.11 bits per heavy atom. The topological polar surface area (TPSA) is 75.6 Å². The Morgan fingerprint density at radius 3 is 2.68 bits per heavy atom. The minimum atomic E-state index is -0.998. The number of carboxylic acids is 1. The number of nitrogens with one attached hydrogen (secondary N) is 1. The van der Waals surface area contributed by atoms with Gasteiger partial charge in [-0.3, -0.25) is 9.59 Å². The molecule has 0 saturated heterocycles. The molecule has 0 aliphatic carbocycles. The summed E-state index contributed by atoms with van der Waals surface area (Å²) in [6, 6.07) is 4.71. The maximum absolute atomic E-state index is 11.9. The van der Waals surface area contributed by atoms with Gasteiger partial charge in [-0.2, -0.15) is 0 Å². The average molecular weight is 306 g/mol. The maximum atomic E-state index is 11.9. The molecule has 2 N–H and O–H groups in total. The lowest BCUT2D eigenvalue weighted by Gasteiger charge is -2.14. The second kappa shape index (κ2) is 7.33. The molecule has 0 aliphatic rings. The number of aliphatic carboxylic acids is 1. The number of carboxylic acid groups (broad SMARTS) is 1. The highest BCUT2D eigenvalue weighted by Gasteiger charge is 2.16. The van der Waals surface area contributed by atoms with Crippen LogP contribution < -0.4 is 5.32 Å². The molecule has 1 aromatic carbocycles. The normalized spacial score (nSPS) is 11.9. The first kappa shape index (κ1) is 15.8. The Hall–Kier alpha value is -1.30. The van der Waals surface area contributed by atoms with Crippen molar-refractivity contribution in [3.8, 4) is 0 Å². The van der Waals surface area contributed by atoms with Crippen molar-refractivity contribution in [3.05, 3.63) is 33.8 Å². The Labute approximate surface area is 120 Å². The standard InChI is InChI=1S/C12H13Cl2NO4/c1-19-7(5-10(16)17)6-15-12(18)8-3-2-4-9(13)11(8)14/h2-4,7H,5-6H2,1H3,(H,15,18)(H,16,17). The molecular formula is C12H13Cl2NO4. The number of methoxy groups -OCH3 is 1. The third-order valence-electron chi connectivity index (χ3n) is 2.42. The van der Waals surface area contributed by atoms with Crippen LogP contribution >= 0.6 is 23.2 Å². The molecule has 0 aliphatic heterocycles. The quantitative estimate of drug-likeness (QED) is 0.845. The minimum Gasteiger partial charge on any atom is -0.481 e. The highest BCUT2D eigenvalue weighted by atomic mass is 35.5. The van der Waals surface area contributed by atoms with Crippen LogP contribution in [-0.2, 0) is 9.53 Å². The number of ether oxygens (including phenoxy) is 1. The molecule has 0 spiro atoms. The van der Waals surface area contributed by atoms with E-state index in [4.69, 9.17) is 33.0 Å². The summed E-state index contributed by atoms with van der Waals surface area (Å²) >= 11 is 11.7. The van der Waals surface area contributed by atoms with E-state index in [-0.39, 0.29) is 28.6 Å². The third-order valence-corrected chi connectivity index (χ3v) is 3.24. The minimum absolute atomic E-state index is 0.0739. The van der Waals surface area contributed by atoms with E-state index in [0.717, 1.165) is 0 Å². The van der Waals surface area contributed by atoms with Gasteiger partial charge in [0.05, 0.1) is 28.1 Å². The Kier molecular flexibility index (Phi) is 6.08. The summed E-state index contributed by atoms with van der Waals surface area (Å²) in [5.41, 5.74) is 0.236. The van der Waals surface area contributed by atoms with Gasteiger partial charge in [-0.05, 0) is 12.1 Å². The van der Waals surface area contributed by atoms with Gasteiger partial charge in [-0.25, -0.2) is 0 Å². The summed E-state index contributed by atoms with van der Waals surface area (Å²) in [5, 5.41) is 11.6. The van der Waals surface area contributed by atoms with Crippen molar-refractivity contribution in [1.82, 2.24) is 5.32 Å². The molecule has 1 rings (SSSR count). The lowest BCUT2D eigenvalue weighted by molar-refractivity contribution is -0.139. The molecule has 0 fully saturated rings. The van der Waals surface area contributed by atoms with Crippen LogP contribution in [0.2, 0.25) is 10.0 Å². The fourth-order valence-electron chi connectivity index (χ4n) is 1.41. The summed E-state index contributed by atoms with van der Waals surface area (Å²) in [5.74, 6) is -1.43. The molecule has 0 saturated carbocycles. The van der Waals surface area contributed by atoms with Gasteiger partial charge < -0.3 is 15.2 Å². The number of amides is 1. The zero-order chi connectivity index (χ0) is 14.4. The van der Waals surface area contributed by atoms with Crippen LogP contribution in [0.5, 0.6) is 0 Å². The van der Waals surface area contributed by atoms with Gasteiger partial charge in [0.1, 0.15) is 0 Å². The van der Waals surface area contributed by atoms with Crippen molar-refractivity contribution in [2.45, 2.75) is 12.5 Å². The second-order valence-corrected chi connectivity index (χ2v) is 4.55. The first-order chi connectivity index (χ1) is 8.95. The molecule has 7 heteroatoms. The lowest BCUT2D eigenvalue weighted by Crippen LogP contribution is -2.34. The van der Waals surface area contributed by atoms with Gasteiger partial charge in [-0.1, -0.05) is 29.3 Å². The fourth-order valence-corrected chi connectivity index (χ4v) is 1.80. The van der Waals surface area contributed by atoms with E-state index in [1.54, 1.807) is 12.1 Å².